The third-order valence-electron chi connectivity index (χ3n) is 6.63. The number of hydrogen-bond donors (Lipinski definition) is 0. The van der Waals surface area contributed by atoms with E-state index in [1.807, 2.05) is 17.0 Å². The van der Waals surface area contributed by atoms with Crippen LogP contribution in [0.15, 0.2) is 24.3 Å². The van der Waals surface area contributed by atoms with Crippen molar-refractivity contribution in [1.29, 1.82) is 0 Å². The molecule has 2 atom stereocenters. The van der Waals surface area contributed by atoms with Gasteiger partial charge >= 0.3 is 5.97 Å². The van der Waals surface area contributed by atoms with Gasteiger partial charge in [0.1, 0.15) is 5.75 Å². The Kier molecular flexibility index (Phi) is 6.25. The molecule has 1 saturated carbocycles. The van der Waals surface area contributed by atoms with Crippen LogP contribution in [-0.4, -0.2) is 66.2 Å². The maximum Gasteiger partial charge on any atom is 0.312 e. The molecule has 0 aromatic heterocycles. The zero-order valence-corrected chi connectivity index (χ0v) is 17.9. The van der Waals surface area contributed by atoms with E-state index in [4.69, 9.17) is 4.74 Å². The Balaban J connectivity index is 1.26. The van der Waals surface area contributed by atoms with Gasteiger partial charge in [0.05, 0.1) is 18.3 Å². The lowest BCUT2D eigenvalue weighted by Gasteiger charge is -2.35. The van der Waals surface area contributed by atoms with Crippen LogP contribution in [0.25, 0.3) is 0 Å². The average Bonchev–Trinajstić information content (AvgIpc) is 3.03. The molecule has 1 aromatic carbocycles. The summed E-state index contributed by atoms with van der Waals surface area (Å²) in [5, 5.41) is 0. The fourth-order valence-corrected chi connectivity index (χ4v) is 4.84. The summed E-state index contributed by atoms with van der Waals surface area (Å²) in [6.07, 6.45) is 3.50. The third kappa shape index (κ3) is 4.57. The minimum atomic E-state index is -0.460. The maximum absolute atomic E-state index is 12.5. The number of ether oxygens (including phenoxy) is 1. The number of imide groups is 1. The van der Waals surface area contributed by atoms with Crippen molar-refractivity contribution in [1.82, 2.24) is 9.80 Å². The monoisotopic (exact) mass is 427 g/mol. The van der Waals surface area contributed by atoms with Gasteiger partial charge in [-0.2, -0.15) is 0 Å². The van der Waals surface area contributed by atoms with Crippen LogP contribution < -0.4 is 9.64 Å². The van der Waals surface area contributed by atoms with Gasteiger partial charge in [-0.25, -0.2) is 0 Å². The molecule has 3 fully saturated rings. The van der Waals surface area contributed by atoms with E-state index in [2.05, 4.69) is 4.90 Å². The number of nitrogens with zero attached hydrogens (tertiary/aromatic N) is 3. The summed E-state index contributed by atoms with van der Waals surface area (Å²) in [4.78, 5) is 54.0. The molecule has 1 aromatic rings. The van der Waals surface area contributed by atoms with Crippen molar-refractivity contribution in [2.45, 2.75) is 39.0 Å². The molecule has 1 aliphatic carbocycles. The zero-order chi connectivity index (χ0) is 22.0. The van der Waals surface area contributed by atoms with Crippen LogP contribution in [0.2, 0.25) is 0 Å². The van der Waals surface area contributed by atoms with Crippen LogP contribution >= 0.6 is 0 Å². The number of fused-ring (bicyclic) bond motifs is 1. The minimum absolute atomic E-state index is 0.00826. The van der Waals surface area contributed by atoms with Gasteiger partial charge in [-0.3, -0.25) is 24.1 Å². The summed E-state index contributed by atoms with van der Waals surface area (Å²) in [6.45, 7) is 4.59. The average molecular weight is 428 g/mol. The summed E-state index contributed by atoms with van der Waals surface area (Å²) >= 11 is 0. The normalized spacial score (nSPS) is 23.7. The van der Waals surface area contributed by atoms with E-state index in [0.29, 0.717) is 18.8 Å². The van der Waals surface area contributed by atoms with E-state index < -0.39 is 5.97 Å². The highest BCUT2D eigenvalue weighted by Crippen LogP contribution is 2.38. The summed E-state index contributed by atoms with van der Waals surface area (Å²) in [5.41, 5.74) is 1.01. The number of benzene rings is 1. The number of carbonyl (C=O) groups excluding carboxylic acids is 4. The minimum Gasteiger partial charge on any atom is -0.426 e. The number of likely N-dealkylation sites (tertiary alicyclic amines) is 1. The van der Waals surface area contributed by atoms with Gasteiger partial charge < -0.3 is 14.5 Å². The van der Waals surface area contributed by atoms with E-state index in [1.54, 1.807) is 19.1 Å². The fraction of sp³-hybridized carbons (Fsp3) is 0.565. The van der Waals surface area contributed by atoms with E-state index in [1.165, 1.54) is 4.90 Å². The topological polar surface area (TPSA) is 87.2 Å². The molecule has 0 radical (unpaired) electrons. The second-order valence-corrected chi connectivity index (χ2v) is 8.54. The van der Waals surface area contributed by atoms with Crippen molar-refractivity contribution in [3.05, 3.63) is 24.3 Å². The number of rotatable bonds is 5. The molecule has 0 bridgehead atoms. The van der Waals surface area contributed by atoms with E-state index in [9.17, 15) is 19.2 Å². The Morgan fingerprint density at radius 3 is 2.06 bits per heavy atom. The first-order valence-electron chi connectivity index (χ1n) is 11.1. The Morgan fingerprint density at radius 2 is 1.52 bits per heavy atom. The predicted octanol–water partition coefficient (Wildman–Crippen LogP) is 1.83. The summed E-state index contributed by atoms with van der Waals surface area (Å²) in [6, 6.07) is 7.27. The van der Waals surface area contributed by atoms with Crippen molar-refractivity contribution in [2.75, 3.05) is 37.6 Å². The van der Waals surface area contributed by atoms with Crippen molar-refractivity contribution < 1.29 is 23.9 Å². The molecule has 8 nitrogen and oxygen atoms in total. The molecule has 31 heavy (non-hydrogen) atoms. The molecule has 2 heterocycles. The lowest BCUT2D eigenvalue weighted by Crippen LogP contribution is -2.48. The smallest absolute Gasteiger partial charge is 0.312 e. The lowest BCUT2D eigenvalue weighted by atomic mass is 9.81. The Bertz CT molecular complexity index is 836. The van der Waals surface area contributed by atoms with Crippen LogP contribution in [0.1, 0.15) is 39.0 Å². The predicted molar refractivity (Wildman–Crippen MR) is 113 cm³/mol. The highest BCUT2D eigenvalue weighted by molar-refractivity contribution is 6.05. The Morgan fingerprint density at radius 1 is 0.935 bits per heavy atom. The van der Waals surface area contributed by atoms with Gasteiger partial charge in [0, 0.05) is 45.3 Å². The van der Waals surface area contributed by atoms with Crippen molar-refractivity contribution in [3.8, 4) is 5.75 Å². The SMILES string of the molecule is CC(=O)N1CCN(c2ccc(OC(=O)CCN3C(=O)[C@H]4CCCC[C@@H]4C3=O)cc2)CC1. The number of carbonyl (C=O) groups is 4. The Hall–Kier alpha value is -2.90. The quantitative estimate of drug-likeness (QED) is 0.405. The van der Waals surface area contributed by atoms with Crippen LogP contribution in [0, 0.1) is 11.8 Å². The first-order valence-corrected chi connectivity index (χ1v) is 11.1. The van der Waals surface area contributed by atoms with Crippen LogP contribution in [0.5, 0.6) is 5.75 Å². The molecule has 8 heteroatoms. The molecular formula is C23H29N3O5. The van der Waals surface area contributed by atoms with Gasteiger partial charge in [-0.15, -0.1) is 0 Å². The van der Waals surface area contributed by atoms with Gasteiger partial charge in [0.15, 0.2) is 0 Å². The highest BCUT2D eigenvalue weighted by Gasteiger charge is 2.47. The van der Waals surface area contributed by atoms with Gasteiger partial charge in [0.2, 0.25) is 17.7 Å². The second kappa shape index (κ2) is 9.08. The number of hydrogen-bond acceptors (Lipinski definition) is 6. The van der Waals surface area contributed by atoms with Gasteiger partial charge in [-0.1, -0.05) is 12.8 Å². The zero-order valence-electron chi connectivity index (χ0n) is 17.9. The lowest BCUT2D eigenvalue weighted by molar-refractivity contribution is -0.141. The number of anilines is 1. The van der Waals surface area contributed by atoms with Crippen molar-refractivity contribution >= 4 is 29.4 Å². The van der Waals surface area contributed by atoms with Gasteiger partial charge in [-0.05, 0) is 37.1 Å². The van der Waals surface area contributed by atoms with Crippen molar-refractivity contribution in [3.63, 3.8) is 0 Å². The van der Waals surface area contributed by atoms with Crippen LogP contribution in [-0.2, 0) is 19.2 Å². The second-order valence-electron chi connectivity index (χ2n) is 8.54. The van der Waals surface area contributed by atoms with Crippen LogP contribution in [0.3, 0.4) is 0 Å². The van der Waals surface area contributed by atoms with Crippen LogP contribution in [0.4, 0.5) is 5.69 Å². The largest absolute Gasteiger partial charge is 0.426 e. The maximum atomic E-state index is 12.5. The molecule has 0 N–H and O–H groups in total. The molecular weight excluding hydrogens is 398 g/mol. The standard InChI is InChI=1S/C23H29N3O5/c1-16(27)24-12-14-25(15-13-24)17-6-8-18(9-7-17)31-21(28)10-11-26-22(29)19-4-2-3-5-20(19)23(26)30/h6-9,19-20H,2-5,10-15H2,1H3/t19-,20-/m0/s1. The van der Waals surface area contributed by atoms with E-state index >= 15 is 0 Å². The number of esters is 1. The molecule has 3 amide bonds. The summed E-state index contributed by atoms with van der Waals surface area (Å²) in [5.74, 6) is -0.571. The molecule has 0 unspecified atom stereocenters. The first-order chi connectivity index (χ1) is 14.9. The van der Waals surface area contributed by atoms with Crippen molar-refractivity contribution in [2.24, 2.45) is 11.8 Å². The molecule has 166 valence electrons. The van der Waals surface area contributed by atoms with E-state index in [-0.39, 0.29) is 42.5 Å². The third-order valence-corrected chi connectivity index (χ3v) is 6.63. The number of piperazine rings is 1. The molecule has 3 aliphatic rings. The number of amides is 3. The Labute approximate surface area is 182 Å². The fourth-order valence-electron chi connectivity index (χ4n) is 4.84. The molecule has 0 spiro atoms. The van der Waals surface area contributed by atoms with E-state index in [0.717, 1.165) is 44.5 Å². The summed E-state index contributed by atoms with van der Waals surface area (Å²) in [7, 11) is 0. The molecule has 2 aliphatic heterocycles. The van der Waals surface area contributed by atoms with Gasteiger partial charge in [0.25, 0.3) is 0 Å². The first kappa shape index (κ1) is 21.3. The highest BCUT2D eigenvalue weighted by atomic mass is 16.5. The summed E-state index contributed by atoms with van der Waals surface area (Å²) < 4.78 is 5.39. The molecule has 4 rings (SSSR count). The molecule has 2 saturated heterocycles.